The molecule has 0 aliphatic rings. The molecule has 0 saturated heterocycles. The molecule has 0 radical (unpaired) electrons. The van der Waals surface area contributed by atoms with E-state index in [1.807, 2.05) is 39.8 Å². The molecule has 6 nitrogen and oxygen atoms in total. The SMILES string of the molecule is CC(=O)OCc1cc(C(=O)CNC(C)(C)C)ccc1OC(=O)c1ccccc1C. The summed E-state index contributed by atoms with van der Waals surface area (Å²) < 4.78 is 10.6. The lowest BCUT2D eigenvalue weighted by atomic mass is 10.0. The highest BCUT2D eigenvalue weighted by atomic mass is 16.5. The maximum atomic E-state index is 12.6. The van der Waals surface area contributed by atoms with Gasteiger partial charge in [-0.3, -0.25) is 9.59 Å². The second-order valence-corrected chi connectivity index (χ2v) is 7.83. The third-order valence-electron chi connectivity index (χ3n) is 4.16. The molecule has 0 aromatic heterocycles. The Labute approximate surface area is 171 Å². The maximum Gasteiger partial charge on any atom is 0.343 e. The van der Waals surface area contributed by atoms with Gasteiger partial charge >= 0.3 is 11.9 Å². The van der Waals surface area contributed by atoms with Gasteiger partial charge in [0.05, 0.1) is 12.1 Å². The summed E-state index contributed by atoms with van der Waals surface area (Å²) in [6.45, 7) is 9.10. The molecular weight excluding hydrogens is 370 g/mol. The van der Waals surface area contributed by atoms with Crippen molar-refractivity contribution >= 4 is 17.7 Å². The first-order chi connectivity index (χ1) is 13.6. The Kier molecular flexibility index (Phi) is 7.29. The lowest BCUT2D eigenvalue weighted by Crippen LogP contribution is -2.39. The summed E-state index contributed by atoms with van der Waals surface area (Å²) in [6.07, 6.45) is 0. The Morgan fingerprint density at radius 3 is 2.34 bits per heavy atom. The summed E-state index contributed by atoms with van der Waals surface area (Å²) in [4.78, 5) is 36.3. The Balaban J connectivity index is 2.26. The quantitative estimate of drug-likeness (QED) is 0.434. The molecule has 0 amide bonds. The van der Waals surface area contributed by atoms with E-state index in [-0.39, 0.29) is 30.2 Å². The summed E-state index contributed by atoms with van der Waals surface area (Å²) in [5.41, 5.74) is 1.93. The van der Waals surface area contributed by atoms with Crippen LogP contribution in [0.25, 0.3) is 0 Å². The lowest BCUT2D eigenvalue weighted by Gasteiger charge is -2.20. The van der Waals surface area contributed by atoms with Crippen molar-refractivity contribution in [1.82, 2.24) is 5.32 Å². The minimum atomic E-state index is -0.513. The van der Waals surface area contributed by atoms with Crippen LogP contribution in [-0.2, 0) is 16.1 Å². The topological polar surface area (TPSA) is 81.7 Å². The number of esters is 2. The van der Waals surface area contributed by atoms with Gasteiger partial charge in [-0.1, -0.05) is 18.2 Å². The highest BCUT2D eigenvalue weighted by Gasteiger charge is 2.18. The molecule has 2 rings (SSSR count). The minimum Gasteiger partial charge on any atom is -0.461 e. The number of hydrogen-bond donors (Lipinski definition) is 1. The van der Waals surface area contributed by atoms with Gasteiger partial charge in [0.1, 0.15) is 12.4 Å². The minimum absolute atomic E-state index is 0.0977. The molecule has 0 atom stereocenters. The van der Waals surface area contributed by atoms with Gasteiger partial charge in [0.15, 0.2) is 5.78 Å². The molecule has 0 saturated carbocycles. The highest BCUT2D eigenvalue weighted by molar-refractivity contribution is 5.98. The van der Waals surface area contributed by atoms with Crippen LogP contribution in [0.1, 0.15) is 59.5 Å². The zero-order chi connectivity index (χ0) is 21.6. The number of carbonyl (C=O) groups is 3. The first kappa shape index (κ1) is 22.3. The normalized spacial score (nSPS) is 11.1. The monoisotopic (exact) mass is 397 g/mol. The fraction of sp³-hybridized carbons (Fsp3) is 0.348. The summed E-state index contributed by atoms with van der Waals surface area (Å²) in [6, 6.07) is 11.8. The Morgan fingerprint density at radius 2 is 1.72 bits per heavy atom. The van der Waals surface area contributed by atoms with E-state index in [4.69, 9.17) is 9.47 Å². The van der Waals surface area contributed by atoms with Crippen LogP contribution in [-0.4, -0.2) is 29.8 Å². The van der Waals surface area contributed by atoms with Crippen molar-refractivity contribution in [2.75, 3.05) is 6.54 Å². The molecule has 29 heavy (non-hydrogen) atoms. The van der Waals surface area contributed by atoms with Gasteiger partial charge in [-0.2, -0.15) is 0 Å². The number of ether oxygens (including phenoxy) is 2. The molecule has 0 bridgehead atoms. The van der Waals surface area contributed by atoms with Crippen molar-refractivity contribution in [3.05, 3.63) is 64.7 Å². The fourth-order valence-corrected chi connectivity index (χ4v) is 2.55. The second-order valence-electron chi connectivity index (χ2n) is 7.83. The molecule has 154 valence electrons. The van der Waals surface area contributed by atoms with E-state index in [0.717, 1.165) is 5.56 Å². The van der Waals surface area contributed by atoms with Gasteiger partial charge in [-0.15, -0.1) is 0 Å². The standard InChI is InChI=1S/C23H27NO5/c1-15-8-6-7-9-19(15)22(27)29-21-11-10-17(12-18(21)14-28-16(2)25)20(26)13-24-23(3,4)5/h6-12,24H,13-14H2,1-5H3. The average molecular weight is 397 g/mol. The van der Waals surface area contributed by atoms with Gasteiger partial charge in [0.2, 0.25) is 0 Å². The van der Waals surface area contributed by atoms with E-state index in [2.05, 4.69) is 5.32 Å². The smallest absolute Gasteiger partial charge is 0.343 e. The van der Waals surface area contributed by atoms with E-state index < -0.39 is 11.9 Å². The molecule has 1 N–H and O–H groups in total. The van der Waals surface area contributed by atoms with E-state index in [1.165, 1.54) is 6.92 Å². The molecule has 6 heteroatoms. The molecule has 2 aromatic rings. The van der Waals surface area contributed by atoms with Crippen LogP contribution in [0.15, 0.2) is 42.5 Å². The van der Waals surface area contributed by atoms with Gasteiger partial charge in [-0.05, 0) is 57.5 Å². The van der Waals surface area contributed by atoms with E-state index in [9.17, 15) is 14.4 Å². The third kappa shape index (κ3) is 6.84. The van der Waals surface area contributed by atoms with Crippen LogP contribution in [0.2, 0.25) is 0 Å². The van der Waals surface area contributed by atoms with Crippen molar-refractivity contribution < 1.29 is 23.9 Å². The van der Waals surface area contributed by atoms with Crippen molar-refractivity contribution in [1.29, 1.82) is 0 Å². The van der Waals surface area contributed by atoms with Crippen molar-refractivity contribution in [3.8, 4) is 5.75 Å². The van der Waals surface area contributed by atoms with Crippen LogP contribution in [0, 0.1) is 6.92 Å². The summed E-state index contributed by atoms with van der Waals surface area (Å²) in [5, 5.41) is 3.14. The van der Waals surface area contributed by atoms with Gasteiger partial charge in [0, 0.05) is 23.6 Å². The Hall–Kier alpha value is -2.99. The van der Waals surface area contributed by atoms with Gasteiger partial charge in [-0.25, -0.2) is 4.79 Å². The number of ketones is 1. The molecule has 0 unspecified atom stereocenters. The maximum absolute atomic E-state index is 12.6. The van der Waals surface area contributed by atoms with Gasteiger partial charge in [0.25, 0.3) is 0 Å². The van der Waals surface area contributed by atoms with Crippen molar-refractivity contribution in [2.45, 2.75) is 46.8 Å². The molecule has 0 aliphatic heterocycles. The Morgan fingerprint density at radius 1 is 1.03 bits per heavy atom. The number of Topliss-reactive ketones (excluding diaryl/α,β-unsaturated/α-hetero) is 1. The van der Waals surface area contributed by atoms with E-state index in [0.29, 0.717) is 16.7 Å². The molecule has 0 heterocycles. The highest BCUT2D eigenvalue weighted by Crippen LogP contribution is 2.23. The van der Waals surface area contributed by atoms with Crippen LogP contribution in [0.3, 0.4) is 0 Å². The average Bonchev–Trinajstić information content (AvgIpc) is 2.64. The predicted octanol–water partition coefficient (Wildman–Crippen LogP) is 3.85. The molecule has 0 spiro atoms. The van der Waals surface area contributed by atoms with E-state index >= 15 is 0 Å². The number of rotatable bonds is 7. The van der Waals surface area contributed by atoms with Gasteiger partial charge < -0.3 is 14.8 Å². The number of nitrogens with one attached hydrogen (secondary N) is 1. The third-order valence-corrected chi connectivity index (χ3v) is 4.16. The first-order valence-electron chi connectivity index (χ1n) is 9.39. The summed E-state index contributed by atoms with van der Waals surface area (Å²) >= 11 is 0. The zero-order valence-electron chi connectivity index (χ0n) is 17.5. The number of benzene rings is 2. The second kappa shape index (κ2) is 9.47. The number of hydrogen-bond acceptors (Lipinski definition) is 6. The fourth-order valence-electron chi connectivity index (χ4n) is 2.55. The van der Waals surface area contributed by atoms with Crippen molar-refractivity contribution in [3.63, 3.8) is 0 Å². The first-order valence-corrected chi connectivity index (χ1v) is 9.39. The number of aryl methyl sites for hydroxylation is 1. The Bertz CT molecular complexity index is 912. The van der Waals surface area contributed by atoms with E-state index in [1.54, 1.807) is 30.3 Å². The van der Waals surface area contributed by atoms with Crippen LogP contribution < -0.4 is 10.1 Å². The largest absolute Gasteiger partial charge is 0.461 e. The van der Waals surface area contributed by atoms with Crippen LogP contribution in [0.4, 0.5) is 0 Å². The number of carbonyl (C=O) groups excluding carboxylic acids is 3. The molecular formula is C23H27NO5. The molecule has 0 aliphatic carbocycles. The van der Waals surface area contributed by atoms with Crippen LogP contribution in [0.5, 0.6) is 5.75 Å². The molecule has 0 fully saturated rings. The molecule has 2 aromatic carbocycles. The lowest BCUT2D eigenvalue weighted by molar-refractivity contribution is -0.142. The van der Waals surface area contributed by atoms with Crippen molar-refractivity contribution in [2.24, 2.45) is 0 Å². The summed E-state index contributed by atoms with van der Waals surface area (Å²) in [7, 11) is 0. The zero-order valence-corrected chi connectivity index (χ0v) is 17.5. The predicted molar refractivity (Wildman–Crippen MR) is 110 cm³/mol. The summed E-state index contributed by atoms with van der Waals surface area (Å²) in [5.74, 6) is -0.839. The van der Waals surface area contributed by atoms with Crippen LogP contribution >= 0.6 is 0 Å².